The Hall–Kier alpha value is -2.50. The van der Waals surface area contributed by atoms with Crippen molar-refractivity contribution in [3.63, 3.8) is 0 Å². The number of hydrogen-bond acceptors (Lipinski definition) is 4. The van der Waals surface area contributed by atoms with Crippen LogP contribution in [0.3, 0.4) is 0 Å². The van der Waals surface area contributed by atoms with Crippen molar-refractivity contribution in [2.24, 2.45) is 17.7 Å². The number of hydrogen-bond donors (Lipinski definition) is 1. The van der Waals surface area contributed by atoms with E-state index >= 15 is 0 Å². The Morgan fingerprint density at radius 2 is 1.94 bits per heavy atom. The van der Waals surface area contributed by atoms with Crippen LogP contribution in [-0.4, -0.2) is 31.5 Å². The molecule has 1 aliphatic rings. The lowest BCUT2D eigenvalue weighted by molar-refractivity contribution is -0.119. The van der Waals surface area contributed by atoms with Gasteiger partial charge in [-0.25, -0.2) is 5.84 Å². The van der Waals surface area contributed by atoms with Crippen LogP contribution in [0.5, 0.6) is 5.75 Å². The van der Waals surface area contributed by atoms with E-state index in [2.05, 4.69) is 26.8 Å². The van der Waals surface area contributed by atoms with Crippen molar-refractivity contribution in [2.45, 2.75) is 46.1 Å². The molecule has 33 heavy (non-hydrogen) atoms. The van der Waals surface area contributed by atoms with Gasteiger partial charge in [-0.3, -0.25) is 4.79 Å². The molecule has 0 radical (unpaired) electrons. The molecule has 0 aromatic heterocycles. The molecule has 2 aromatic rings. The molecule has 2 aromatic carbocycles. The molecule has 1 heterocycles. The molecule has 0 saturated carbocycles. The fourth-order valence-electron chi connectivity index (χ4n) is 4.38. The molecule has 3 unspecified atom stereocenters. The molecule has 5 nitrogen and oxygen atoms in total. The molecule has 0 saturated heterocycles. The van der Waals surface area contributed by atoms with Crippen LogP contribution >= 0.6 is 11.6 Å². The third kappa shape index (κ3) is 6.52. The summed E-state index contributed by atoms with van der Waals surface area (Å²) in [4.78, 5) is 13.6. The number of benzene rings is 2. The minimum atomic E-state index is -0.153. The lowest BCUT2D eigenvalue weighted by Gasteiger charge is -2.33. The standard InChI is InChI=1S/C27H36ClN3O2/c1-5-19(2)14-20(3)17-33-24-9-6-21(7-10-24)27-15-22(12-13-31(27)18-32)25-16-23(28)8-11-26(25)30(4)29/h6-11,15-16,18-20,27H,5,12-14,17,29H2,1-4H3. The first-order valence-corrected chi connectivity index (χ1v) is 12.1. The van der Waals surface area contributed by atoms with Crippen molar-refractivity contribution in [3.8, 4) is 5.75 Å². The van der Waals surface area contributed by atoms with Crippen LogP contribution in [0, 0.1) is 11.8 Å². The third-order valence-corrected chi connectivity index (χ3v) is 6.67. The first-order valence-electron chi connectivity index (χ1n) is 11.7. The first kappa shape index (κ1) is 25.1. The van der Waals surface area contributed by atoms with Crippen LogP contribution in [0.1, 0.15) is 57.2 Å². The second-order valence-corrected chi connectivity index (χ2v) is 9.67. The maximum Gasteiger partial charge on any atom is 0.210 e. The number of anilines is 1. The lowest BCUT2D eigenvalue weighted by atomic mass is 9.91. The van der Waals surface area contributed by atoms with E-state index in [0.717, 1.165) is 41.0 Å². The fraction of sp³-hybridized carbons (Fsp3) is 0.444. The predicted molar refractivity (Wildman–Crippen MR) is 137 cm³/mol. The van der Waals surface area contributed by atoms with Gasteiger partial charge in [-0.05, 0) is 66.1 Å². The number of halogens is 1. The second-order valence-electron chi connectivity index (χ2n) is 9.24. The van der Waals surface area contributed by atoms with E-state index in [1.165, 1.54) is 12.8 Å². The number of amides is 1. The normalized spacial score (nSPS) is 17.8. The molecule has 0 spiro atoms. The van der Waals surface area contributed by atoms with Crippen molar-refractivity contribution in [1.29, 1.82) is 0 Å². The highest BCUT2D eigenvalue weighted by molar-refractivity contribution is 6.30. The Balaban J connectivity index is 1.79. The molecule has 0 aliphatic carbocycles. The number of nitrogens with two attached hydrogens (primary N) is 1. The highest BCUT2D eigenvalue weighted by Gasteiger charge is 2.24. The average Bonchev–Trinajstić information content (AvgIpc) is 2.82. The van der Waals surface area contributed by atoms with E-state index in [1.54, 1.807) is 5.01 Å². The van der Waals surface area contributed by atoms with Crippen LogP contribution in [0.25, 0.3) is 5.57 Å². The number of nitrogens with zero attached hydrogens (tertiary/aromatic N) is 2. The molecule has 1 aliphatic heterocycles. The molecular formula is C27H36ClN3O2. The minimum absolute atomic E-state index is 0.153. The quantitative estimate of drug-likeness (QED) is 0.260. The fourth-order valence-corrected chi connectivity index (χ4v) is 4.56. The van der Waals surface area contributed by atoms with Crippen LogP contribution in [0.4, 0.5) is 5.69 Å². The minimum Gasteiger partial charge on any atom is -0.493 e. The molecule has 1 amide bonds. The van der Waals surface area contributed by atoms with E-state index < -0.39 is 0 Å². The SMILES string of the molecule is CCC(C)CC(C)COc1ccc(C2C=C(c3cc(Cl)ccc3N(C)N)CCN2C=O)cc1. The Morgan fingerprint density at radius 3 is 2.58 bits per heavy atom. The van der Waals surface area contributed by atoms with E-state index in [0.29, 0.717) is 30.0 Å². The summed E-state index contributed by atoms with van der Waals surface area (Å²) >= 11 is 6.29. The average molecular weight is 470 g/mol. The van der Waals surface area contributed by atoms with Gasteiger partial charge in [-0.15, -0.1) is 0 Å². The van der Waals surface area contributed by atoms with Crippen molar-refractivity contribution in [2.75, 3.05) is 25.2 Å². The van der Waals surface area contributed by atoms with Gasteiger partial charge in [0.05, 0.1) is 18.3 Å². The topological polar surface area (TPSA) is 58.8 Å². The van der Waals surface area contributed by atoms with Crippen molar-refractivity contribution < 1.29 is 9.53 Å². The monoisotopic (exact) mass is 469 g/mol. The summed E-state index contributed by atoms with van der Waals surface area (Å²) < 4.78 is 6.02. The predicted octanol–water partition coefficient (Wildman–Crippen LogP) is 6.09. The smallest absolute Gasteiger partial charge is 0.210 e. The van der Waals surface area contributed by atoms with Crippen LogP contribution < -0.4 is 15.6 Å². The van der Waals surface area contributed by atoms with Crippen LogP contribution in [0.15, 0.2) is 48.5 Å². The largest absolute Gasteiger partial charge is 0.493 e. The van der Waals surface area contributed by atoms with Gasteiger partial charge in [-0.1, -0.05) is 57.0 Å². The van der Waals surface area contributed by atoms with E-state index in [-0.39, 0.29) is 6.04 Å². The summed E-state index contributed by atoms with van der Waals surface area (Å²) in [6.07, 6.45) is 6.17. The van der Waals surface area contributed by atoms with Crippen molar-refractivity contribution >= 4 is 29.3 Å². The van der Waals surface area contributed by atoms with Gasteiger partial charge in [-0.2, -0.15) is 0 Å². The van der Waals surface area contributed by atoms with E-state index in [9.17, 15) is 4.79 Å². The maximum atomic E-state index is 11.8. The molecule has 3 atom stereocenters. The van der Waals surface area contributed by atoms with Gasteiger partial charge in [0.2, 0.25) is 6.41 Å². The summed E-state index contributed by atoms with van der Waals surface area (Å²) in [7, 11) is 1.81. The Morgan fingerprint density at radius 1 is 1.21 bits per heavy atom. The summed E-state index contributed by atoms with van der Waals surface area (Å²) in [6.45, 7) is 8.09. The van der Waals surface area contributed by atoms with Gasteiger partial charge in [0.1, 0.15) is 5.75 Å². The number of hydrazine groups is 1. The third-order valence-electron chi connectivity index (χ3n) is 6.43. The lowest BCUT2D eigenvalue weighted by Crippen LogP contribution is -2.31. The van der Waals surface area contributed by atoms with Gasteiger partial charge in [0.15, 0.2) is 0 Å². The Kier molecular flexibility index (Phi) is 8.81. The zero-order chi connectivity index (χ0) is 24.0. The first-order chi connectivity index (χ1) is 15.8. The van der Waals surface area contributed by atoms with Gasteiger partial charge < -0.3 is 14.6 Å². The van der Waals surface area contributed by atoms with Crippen molar-refractivity contribution in [1.82, 2.24) is 4.90 Å². The highest BCUT2D eigenvalue weighted by atomic mass is 35.5. The molecule has 0 bridgehead atoms. The highest BCUT2D eigenvalue weighted by Crippen LogP contribution is 2.37. The Labute approximate surface area is 203 Å². The van der Waals surface area contributed by atoms with E-state index in [4.69, 9.17) is 22.2 Å². The molecule has 6 heteroatoms. The number of carbonyl (C=O) groups is 1. The number of ether oxygens (including phenoxy) is 1. The zero-order valence-corrected chi connectivity index (χ0v) is 20.9. The van der Waals surface area contributed by atoms with Gasteiger partial charge >= 0.3 is 0 Å². The molecule has 3 rings (SSSR count). The second kappa shape index (κ2) is 11.6. The maximum absolute atomic E-state index is 11.8. The summed E-state index contributed by atoms with van der Waals surface area (Å²) in [5.41, 5.74) is 4.08. The molecule has 2 N–H and O–H groups in total. The van der Waals surface area contributed by atoms with Gasteiger partial charge in [0, 0.05) is 24.2 Å². The number of carbonyl (C=O) groups excluding carboxylic acids is 1. The van der Waals surface area contributed by atoms with E-state index in [1.807, 2.05) is 54.4 Å². The summed E-state index contributed by atoms with van der Waals surface area (Å²) in [6, 6.07) is 13.6. The Bertz CT molecular complexity index is 958. The molecular weight excluding hydrogens is 434 g/mol. The summed E-state index contributed by atoms with van der Waals surface area (Å²) in [5.74, 6) is 8.14. The van der Waals surface area contributed by atoms with Crippen molar-refractivity contribution in [3.05, 3.63) is 64.7 Å². The van der Waals surface area contributed by atoms with Gasteiger partial charge in [0.25, 0.3) is 0 Å². The summed E-state index contributed by atoms with van der Waals surface area (Å²) in [5, 5.41) is 2.26. The molecule has 0 fully saturated rings. The van der Waals surface area contributed by atoms with Crippen LogP contribution in [0.2, 0.25) is 5.02 Å². The van der Waals surface area contributed by atoms with Crippen LogP contribution in [-0.2, 0) is 4.79 Å². The zero-order valence-electron chi connectivity index (χ0n) is 20.1. The number of rotatable bonds is 10. The molecule has 178 valence electrons.